The lowest BCUT2D eigenvalue weighted by Crippen LogP contribution is -2.40. The topological polar surface area (TPSA) is 111 Å². The molecule has 4 N–H and O–H groups in total. The summed E-state index contributed by atoms with van der Waals surface area (Å²) in [5, 5.41) is 0. The number of carbonyl (C=O) groups excluding carboxylic acids is 1. The van der Waals surface area contributed by atoms with Crippen molar-refractivity contribution in [2.24, 2.45) is 5.73 Å². The van der Waals surface area contributed by atoms with Crippen LogP contribution in [0.3, 0.4) is 0 Å². The Kier molecular flexibility index (Phi) is 6.43. The van der Waals surface area contributed by atoms with Crippen LogP contribution in [0.15, 0.2) is 24.3 Å². The van der Waals surface area contributed by atoms with Gasteiger partial charge >= 0.3 is 16.3 Å². The second-order valence-corrected chi connectivity index (χ2v) is 5.50. The molecule has 112 valence electrons. The monoisotopic (exact) mass is 301 g/mol. The molecule has 1 aromatic carbocycles. The molecule has 0 aliphatic rings. The molecule has 0 saturated heterocycles. The van der Waals surface area contributed by atoms with Gasteiger partial charge in [0.25, 0.3) is 0 Å². The molecule has 0 atom stereocenters. The highest BCUT2D eigenvalue weighted by Gasteiger charge is 2.14. The minimum absolute atomic E-state index is 0.0810. The van der Waals surface area contributed by atoms with Crippen LogP contribution < -0.4 is 15.2 Å². The van der Waals surface area contributed by atoms with Gasteiger partial charge in [0.15, 0.2) is 0 Å². The lowest BCUT2D eigenvalue weighted by molar-refractivity contribution is 0.158. The van der Waals surface area contributed by atoms with Gasteiger partial charge in [-0.3, -0.25) is 0 Å². The second kappa shape index (κ2) is 7.83. The van der Waals surface area contributed by atoms with Gasteiger partial charge in [-0.2, -0.15) is 13.1 Å². The predicted octanol–water partition coefficient (Wildman–Crippen LogP) is 0.268. The molecule has 0 spiro atoms. The van der Waals surface area contributed by atoms with Crippen molar-refractivity contribution in [3.05, 3.63) is 35.4 Å². The second-order valence-electron chi connectivity index (χ2n) is 4.00. The summed E-state index contributed by atoms with van der Waals surface area (Å²) < 4.78 is 31.5. The third-order valence-corrected chi connectivity index (χ3v) is 3.38. The van der Waals surface area contributed by atoms with Gasteiger partial charge < -0.3 is 10.5 Å². The van der Waals surface area contributed by atoms with E-state index in [-0.39, 0.29) is 13.2 Å². The summed E-state index contributed by atoms with van der Waals surface area (Å²) in [6, 6.07) is 7.38. The number of nitrogens with one attached hydrogen (secondary N) is 2. The molecular weight excluding hydrogens is 282 g/mol. The Morgan fingerprint density at radius 3 is 2.40 bits per heavy atom. The van der Waals surface area contributed by atoms with Crippen molar-refractivity contribution in [2.75, 3.05) is 13.2 Å². The minimum Gasteiger partial charge on any atom is -0.449 e. The van der Waals surface area contributed by atoms with Crippen LogP contribution in [0.1, 0.15) is 18.1 Å². The van der Waals surface area contributed by atoms with Crippen molar-refractivity contribution in [3.63, 3.8) is 0 Å². The van der Waals surface area contributed by atoms with Crippen LogP contribution in [0.25, 0.3) is 0 Å². The number of rotatable bonds is 7. The van der Waals surface area contributed by atoms with Crippen LogP contribution in [0, 0.1) is 0 Å². The Hall–Kier alpha value is -1.64. The summed E-state index contributed by atoms with van der Waals surface area (Å²) in [6.45, 7) is 2.33. The maximum atomic E-state index is 11.5. The highest BCUT2D eigenvalue weighted by Crippen LogP contribution is 2.04. The fourth-order valence-electron chi connectivity index (χ4n) is 1.48. The zero-order valence-electron chi connectivity index (χ0n) is 11.3. The van der Waals surface area contributed by atoms with Crippen molar-refractivity contribution in [2.45, 2.75) is 19.9 Å². The SMILES string of the molecule is CCOC(=O)NS(=O)(=O)NCc1ccc(CCN)cc1. The average Bonchev–Trinajstić information content (AvgIpc) is 2.38. The van der Waals surface area contributed by atoms with Gasteiger partial charge in [-0.05, 0) is 31.0 Å². The Bertz CT molecular complexity index is 528. The first kappa shape index (κ1) is 16.4. The van der Waals surface area contributed by atoms with E-state index in [1.54, 1.807) is 23.8 Å². The predicted molar refractivity (Wildman–Crippen MR) is 75.1 cm³/mol. The molecule has 0 radical (unpaired) electrons. The Morgan fingerprint density at radius 1 is 1.25 bits per heavy atom. The quantitative estimate of drug-likeness (QED) is 0.669. The normalized spacial score (nSPS) is 11.1. The fourth-order valence-corrected chi connectivity index (χ4v) is 2.18. The number of nitrogens with two attached hydrogens (primary N) is 1. The number of ether oxygens (including phenoxy) is 1. The number of hydrogen-bond acceptors (Lipinski definition) is 5. The zero-order valence-corrected chi connectivity index (χ0v) is 12.1. The molecule has 0 bridgehead atoms. The van der Waals surface area contributed by atoms with Gasteiger partial charge in [0, 0.05) is 6.54 Å². The van der Waals surface area contributed by atoms with Crippen LogP contribution in [-0.4, -0.2) is 27.7 Å². The first-order valence-electron chi connectivity index (χ1n) is 6.19. The molecule has 20 heavy (non-hydrogen) atoms. The molecule has 0 saturated carbocycles. The standard InChI is InChI=1S/C12H19N3O4S/c1-2-19-12(16)15-20(17,18)14-9-11-5-3-10(4-6-11)7-8-13/h3-6,14H,2,7-9,13H2,1H3,(H,15,16). The molecule has 8 heteroatoms. The van der Waals surface area contributed by atoms with Crippen molar-refractivity contribution in [3.8, 4) is 0 Å². The van der Waals surface area contributed by atoms with E-state index in [1.807, 2.05) is 12.1 Å². The molecule has 0 aliphatic heterocycles. The van der Waals surface area contributed by atoms with Crippen molar-refractivity contribution < 1.29 is 17.9 Å². The maximum absolute atomic E-state index is 11.5. The van der Waals surface area contributed by atoms with E-state index < -0.39 is 16.3 Å². The molecule has 1 aromatic rings. The molecular formula is C12H19N3O4S. The van der Waals surface area contributed by atoms with E-state index in [0.717, 1.165) is 17.5 Å². The van der Waals surface area contributed by atoms with E-state index in [1.165, 1.54) is 0 Å². The molecule has 0 aliphatic carbocycles. The Balaban J connectivity index is 2.51. The highest BCUT2D eigenvalue weighted by molar-refractivity contribution is 7.88. The molecule has 1 rings (SSSR count). The number of amides is 1. The largest absolute Gasteiger partial charge is 0.449 e. The zero-order chi connectivity index (χ0) is 15.0. The Labute approximate surface area is 118 Å². The molecule has 0 unspecified atom stereocenters. The Morgan fingerprint density at radius 2 is 1.85 bits per heavy atom. The van der Waals surface area contributed by atoms with Gasteiger partial charge in [-0.1, -0.05) is 24.3 Å². The number of benzene rings is 1. The summed E-state index contributed by atoms with van der Waals surface area (Å²) in [5.74, 6) is 0. The van der Waals surface area contributed by atoms with Gasteiger partial charge in [-0.15, -0.1) is 0 Å². The number of carbonyl (C=O) groups is 1. The van der Waals surface area contributed by atoms with Crippen LogP contribution >= 0.6 is 0 Å². The van der Waals surface area contributed by atoms with Crippen LogP contribution in [0.5, 0.6) is 0 Å². The molecule has 0 aromatic heterocycles. The van der Waals surface area contributed by atoms with Crippen molar-refractivity contribution in [1.82, 2.24) is 9.44 Å². The maximum Gasteiger partial charge on any atom is 0.421 e. The smallest absolute Gasteiger partial charge is 0.421 e. The van der Waals surface area contributed by atoms with E-state index in [9.17, 15) is 13.2 Å². The molecule has 7 nitrogen and oxygen atoms in total. The third-order valence-electron chi connectivity index (χ3n) is 2.42. The van der Waals surface area contributed by atoms with Gasteiger partial charge in [0.05, 0.1) is 6.61 Å². The van der Waals surface area contributed by atoms with Crippen LogP contribution in [0.2, 0.25) is 0 Å². The van der Waals surface area contributed by atoms with E-state index in [4.69, 9.17) is 5.73 Å². The van der Waals surface area contributed by atoms with Gasteiger partial charge in [0.2, 0.25) is 0 Å². The summed E-state index contributed by atoms with van der Waals surface area (Å²) >= 11 is 0. The molecule has 1 amide bonds. The van der Waals surface area contributed by atoms with Crippen LogP contribution in [0.4, 0.5) is 4.79 Å². The van der Waals surface area contributed by atoms with E-state index in [2.05, 4.69) is 9.46 Å². The fraction of sp³-hybridized carbons (Fsp3) is 0.417. The van der Waals surface area contributed by atoms with Gasteiger partial charge in [0.1, 0.15) is 0 Å². The van der Waals surface area contributed by atoms with Crippen molar-refractivity contribution >= 4 is 16.3 Å². The van der Waals surface area contributed by atoms with E-state index in [0.29, 0.717) is 6.54 Å². The highest BCUT2D eigenvalue weighted by atomic mass is 32.2. The van der Waals surface area contributed by atoms with Crippen LogP contribution in [-0.2, 0) is 27.9 Å². The van der Waals surface area contributed by atoms with Gasteiger partial charge in [-0.25, -0.2) is 9.52 Å². The number of hydrogen-bond donors (Lipinski definition) is 3. The summed E-state index contributed by atoms with van der Waals surface area (Å²) in [6.07, 6.45) is -0.227. The minimum atomic E-state index is -3.92. The first-order valence-corrected chi connectivity index (χ1v) is 7.67. The summed E-state index contributed by atoms with van der Waals surface area (Å²) in [4.78, 5) is 11.0. The first-order chi connectivity index (χ1) is 9.46. The summed E-state index contributed by atoms with van der Waals surface area (Å²) in [5.41, 5.74) is 7.31. The molecule has 0 heterocycles. The average molecular weight is 301 g/mol. The van der Waals surface area contributed by atoms with E-state index >= 15 is 0 Å². The lowest BCUT2D eigenvalue weighted by atomic mass is 10.1. The third kappa shape index (κ3) is 6.00. The summed E-state index contributed by atoms with van der Waals surface area (Å²) in [7, 11) is -3.92. The van der Waals surface area contributed by atoms with Crippen molar-refractivity contribution in [1.29, 1.82) is 0 Å². The molecule has 0 fully saturated rings. The lowest BCUT2D eigenvalue weighted by Gasteiger charge is -2.08.